The molecule has 4 heteroatoms. The van der Waals surface area contributed by atoms with Gasteiger partial charge in [-0.2, -0.15) is 10.5 Å². The predicted octanol–water partition coefficient (Wildman–Crippen LogP) is 11.0. The lowest BCUT2D eigenvalue weighted by Crippen LogP contribution is -1.99. The van der Waals surface area contributed by atoms with E-state index in [1.54, 1.807) is 0 Å². The van der Waals surface area contributed by atoms with Crippen LogP contribution in [0, 0.1) is 22.7 Å². The van der Waals surface area contributed by atoms with E-state index < -0.39 is 0 Å². The van der Waals surface area contributed by atoms with Gasteiger partial charge in [0.25, 0.3) is 0 Å². The quantitative estimate of drug-likeness (QED) is 0.199. The molecular formula is C44H26N4. The first-order valence-corrected chi connectivity index (χ1v) is 15.9. The van der Waals surface area contributed by atoms with Crippen molar-refractivity contribution in [2.45, 2.75) is 0 Å². The van der Waals surface area contributed by atoms with E-state index in [0.717, 1.165) is 66.5 Å². The van der Waals surface area contributed by atoms with E-state index in [1.807, 2.05) is 54.6 Å². The minimum atomic E-state index is 0.611. The van der Waals surface area contributed by atoms with Crippen molar-refractivity contribution in [1.29, 1.82) is 10.5 Å². The summed E-state index contributed by atoms with van der Waals surface area (Å²) in [7, 11) is 0. The van der Waals surface area contributed by atoms with Gasteiger partial charge in [0, 0.05) is 38.4 Å². The fourth-order valence-electron chi connectivity index (χ4n) is 7.35. The molecule has 2 heterocycles. The fourth-order valence-corrected chi connectivity index (χ4v) is 7.35. The zero-order valence-corrected chi connectivity index (χ0v) is 25.8. The molecule has 7 aromatic carbocycles. The van der Waals surface area contributed by atoms with E-state index in [-0.39, 0.29) is 0 Å². The average Bonchev–Trinajstić information content (AvgIpc) is 3.67. The van der Waals surface area contributed by atoms with Crippen LogP contribution >= 0.6 is 0 Å². The van der Waals surface area contributed by atoms with E-state index in [4.69, 9.17) is 0 Å². The third-order valence-corrected chi connectivity index (χ3v) is 9.42. The van der Waals surface area contributed by atoms with Crippen molar-refractivity contribution in [3.8, 4) is 45.8 Å². The summed E-state index contributed by atoms with van der Waals surface area (Å²) in [5.74, 6) is 0. The molecule has 0 atom stereocenters. The van der Waals surface area contributed by atoms with Crippen LogP contribution in [-0.4, -0.2) is 9.13 Å². The minimum Gasteiger partial charge on any atom is -0.309 e. The third kappa shape index (κ3) is 4.07. The molecule has 0 spiro atoms. The summed E-state index contributed by atoms with van der Waals surface area (Å²) in [6, 6.07) is 58.9. The van der Waals surface area contributed by atoms with Gasteiger partial charge in [-0.05, 0) is 65.7 Å². The minimum absolute atomic E-state index is 0.611. The lowest BCUT2D eigenvalue weighted by atomic mass is 9.90. The molecule has 0 aliphatic heterocycles. The van der Waals surface area contributed by atoms with E-state index >= 15 is 0 Å². The van der Waals surface area contributed by atoms with Crippen molar-refractivity contribution >= 4 is 43.6 Å². The number of para-hydroxylation sites is 4. The van der Waals surface area contributed by atoms with Gasteiger partial charge >= 0.3 is 0 Å². The Bertz CT molecular complexity index is 2750. The molecule has 9 rings (SSSR count). The number of aromatic nitrogens is 2. The molecule has 9 aromatic rings. The number of hydrogen-bond donors (Lipinski definition) is 0. The fraction of sp³-hybridized carbons (Fsp3) is 0. The molecule has 0 radical (unpaired) electrons. The number of nitrogens with zero attached hydrogens (tertiary/aromatic N) is 4. The van der Waals surface area contributed by atoms with Crippen LogP contribution in [0.3, 0.4) is 0 Å². The maximum absolute atomic E-state index is 10.4. The van der Waals surface area contributed by atoms with E-state index in [9.17, 15) is 10.5 Å². The summed E-state index contributed by atoms with van der Waals surface area (Å²) in [6.45, 7) is 0. The van der Waals surface area contributed by atoms with Gasteiger partial charge in [-0.3, -0.25) is 0 Å². The number of fused-ring (bicyclic) bond motifs is 6. The lowest BCUT2D eigenvalue weighted by molar-refractivity contribution is 1.18. The van der Waals surface area contributed by atoms with Crippen molar-refractivity contribution in [3.63, 3.8) is 0 Å². The second kappa shape index (κ2) is 10.9. The molecular weight excluding hydrogens is 585 g/mol. The molecule has 48 heavy (non-hydrogen) atoms. The normalized spacial score (nSPS) is 11.3. The maximum atomic E-state index is 10.4. The Balaban J connectivity index is 1.25. The van der Waals surface area contributed by atoms with Crippen LogP contribution in [0.4, 0.5) is 0 Å². The number of hydrogen-bond acceptors (Lipinski definition) is 2. The predicted molar refractivity (Wildman–Crippen MR) is 195 cm³/mol. The highest BCUT2D eigenvalue weighted by molar-refractivity contribution is 6.11. The molecule has 0 saturated carbocycles. The smallest absolute Gasteiger partial charge is 0.0998 e. The summed E-state index contributed by atoms with van der Waals surface area (Å²) in [5.41, 5.74) is 11.4. The van der Waals surface area contributed by atoms with Gasteiger partial charge in [-0.25, -0.2) is 0 Å². The van der Waals surface area contributed by atoms with E-state index in [1.165, 1.54) is 10.8 Å². The first-order chi connectivity index (χ1) is 23.7. The lowest BCUT2D eigenvalue weighted by Gasteiger charge is -2.18. The van der Waals surface area contributed by atoms with Gasteiger partial charge in [0.15, 0.2) is 0 Å². The zero-order valence-electron chi connectivity index (χ0n) is 25.8. The SMILES string of the molecule is N#Cc1ccc2c3ccccc3n(-c3ccccc3-c3cccc(C#N)c3-c3ccc(-n4c5ccccc5c5ccccc54)cc3)c2c1. The summed E-state index contributed by atoms with van der Waals surface area (Å²) in [5, 5.41) is 24.8. The van der Waals surface area contributed by atoms with Gasteiger partial charge in [0.05, 0.1) is 51.0 Å². The Morgan fingerprint density at radius 2 is 0.979 bits per heavy atom. The Morgan fingerprint density at radius 1 is 0.417 bits per heavy atom. The van der Waals surface area contributed by atoms with Gasteiger partial charge in [-0.1, -0.05) is 103 Å². The molecule has 0 saturated heterocycles. The molecule has 0 amide bonds. The van der Waals surface area contributed by atoms with Crippen molar-refractivity contribution < 1.29 is 0 Å². The Hall–Kier alpha value is -6.88. The van der Waals surface area contributed by atoms with Gasteiger partial charge in [0.2, 0.25) is 0 Å². The van der Waals surface area contributed by atoms with Crippen LogP contribution in [0.25, 0.3) is 77.2 Å². The van der Waals surface area contributed by atoms with Gasteiger partial charge < -0.3 is 9.13 Å². The molecule has 0 aliphatic carbocycles. The maximum Gasteiger partial charge on any atom is 0.0998 e. The van der Waals surface area contributed by atoms with Crippen molar-refractivity contribution in [3.05, 3.63) is 169 Å². The highest BCUT2D eigenvalue weighted by atomic mass is 15.0. The highest BCUT2D eigenvalue weighted by Crippen LogP contribution is 2.41. The van der Waals surface area contributed by atoms with Crippen molar-refractivity contribution in [1.82, 2.24) is 9.13 Å². The Morgan fingerprint density at radius 3 is 1.62 bits per heavy atom. The first-order valence-electron chi connectivity index (χ1n) is 15.9. The van der Waals surface area contributed by atoms with Gasteiger partial charge in [0.1, 0.15) is 0 Å². The largest absolute Gasteiger partial charge is 0.309 e. The van der Waals surface area contributed by atoms with Crippen LogP contribution in [0.15, 0.2) is 158 Å². The van der Waals surface area contributed by atoms with Gasteiger partial charge in [-0.15, -0.1) is 0 Å². The first kappa shape index (κ1) is 27.4. The summed E-state index contributed by atoms with van der Waals surface area (Å²) >= 11 is 0. The van der Waals surface area contributed by atoms with Crippen LogP contribution in [0.5, 0.6) is 0 Å². The topological polar surface area (TPSA) is 57.4 Å². The van der Waals surface area contributed by atoms with Crippen LogP contribution in [0.2, 0.25) is 0 Å². The van der Waals surface area contributed by atoms with Crippen LogP contribution in [0.1, 0.15) is 11.1 Å². The van der Waals surface area contributed by atoms with E-state index in [2.05, 4.69) is 124 Å². The second-order valence-electron chi connectivity index (χ2n) is 12.0. The zero-order chi connectivity index (χ0) is 32.2. The van der Waals surface area contributed by atoms with E-state index in [0.29, 0.717) is 11.1 Å². The summed E-state index contributed by atoms with van der Waals surface area (Å²) < 4.78 is 4.55. The molecule has 0 unspecified atom stereocenters. The Kier molecular flexibility index (Phi) is 6.22. The molecule has 0 N–H and O–H groups in total. The van der Waals surface area contributed by atoms with Crippen LogP contribution < -0.4 is 0 Å². The third-order valence-electron chi connectivity index (χ3n) is 9.42. The molecule has 2 aromatic heterocycles. The number of benzene rings is 7. The molecule has 0 fully saturated rings. The Labute approximate surface area is 277 Å². The number of rotatable bonds is 4. The second-order valence-corrected chi connectivity index (χ2v) is 12.0. The highest BCUT2D eigenvalue weighted by Gasteiger charge is 2.20. The molecule has 4 nitrogen and oxygen atoms in total. The van der Waals surface area contributed by atoms with Crippen molar-refractivity contribution in [2.75, 3.05) is 0 Å². The van der Waals surface area contributed by atoms with Crippen LogP contribution in [-0.2, 0) is 0 Å². The summed E-state index contributed by atoms with van der Waals surface area (Å²) in [4.78, 5) is 0. The average molecular weight is 611 g/mol. The van der Waals surface area contributed by atoms with Crippen molar-refractivity contribution in [2.24, 2.45) is 0 Å². The summed E-state index contributed by atoms with van der Waals surface area (Å²) in [6.07, 6.45) is 0. The monoisotopic (exact) mass is 610 g/mol. The standard InChI is InChI=1S/C44H26N4/c45-27-29-20-25-37-35-13-3-7-18-41(35)48(43(37)26-29)42-19-8-4-14-36(42)38-15-9-10-31(28-46)44(38)30-21-23-32(24-22-30)47-39-16-5-1-11-33(39)34-12-2-6-17-40(34)47/h1-26H. The molecule has 222 valence electrons. The number of nitriles is 2. The molecule has 0 aliphatic rings. The molecule has 0 bridgehead atoms.